The van der Waals surface area contributed by atoms with Crippen molar-refractivity contribution in [3.05, 3.63) is 0 Å². The van der Waals surface area contributed by atoms with Crippen LogP contribution in [0.25, 0.3) is 0 Å². The van der Waals surface area contributed by atoms with Crippen molar-refractivity contribution in [3.63, 3.8) is 0 Å². The maximum atomic E-state index is 10.2. The van der Waals surface area contributed by atoms with Crippen LogP contribution in [-0.2, 0) is 4.79 Å². The first-order valence-electron chi connectivity index (χ1n) is 2.67. The second-order valence-corrected chi connectivity index (χ2v) is 1.77. The molecule has 0 radical (unpaired) electrons. The number of nitriles is 2. The SMILES string of the molecule is CCC(C#N)(C#N)C(=O)[O-].[K+]. The molecule has 0 aliphatic rings. The number of carboxylic acid groups (broad SMARTS) is 1. The van der Waals surface area contributed by atoms with Crippen LogP contribution in [0.1, 0.15) is 13.3 Å². The normalized spacial score (nSPS) is 8.64. The summed E-state index contributed by atoms with van der Waals surface area (Å²) in [6.45, 7) is 1.45. The summed E-state index contributed by atoms with van der Waals surface area (Å²) in [4.78, 5) is 10.2. The Morgan fingerprint density at radius 3 is 1.91 bits per heavy atom. The smallest absolute Gasteiger partial charge is 0.547 e. The Labute approximate surface area is 107 Å². The summed E-state index contributed by atoms with van der Waals surface area (Å²) in [5.74, 6) is -1.62. The van der Waals surface area contributed by atoms with E-state index in [1.807, 2.05) is 0 Å². The molecular weight excluding hydrogens is 171 g/mol. The Morgan fingerprint density at radius 1 is 1.55 bits per heavy atom. The quantitative estimate of drug-likeness (QED) is 0.403. The largest absolute Gasteiger partial charge is 1.00 e. The van der Waals surface area contributed by atoms with E-state index < -0.39 is 11.4 Å². The number of carboxylic acids is 1. The molecule has 0 heterocycles. The number of nitrogens with zero attached hydrogens (tertiary/aromatic N) is 2. The van der Waals surface area contributed by atoms with E-state index in [9.17, 15) is 9.90 Å². The van der Waals surface area contributed by atoms with Gasteiger partial charge >= 0.3 is 51.4 Å². The molecule has 0 aliphatic carbocycles. The molecule has 52 valence electrons. The molecule has 4 nitrogen and oxygen atoms in total. The zero-order valence-corrected chi connectivity index (χ0v) is 9.54. The first-order valence-corrected chi connectivity index (χ1v) is 2.67. The second-order valence-electron chi connectivity index (χ2n) is 1.77. The molecule has 0 amide bonds. The first kappa shape index (κ1) is 13.7. The van der Waals surface area contributed by atoms with Gasteiger partial charge in [0.25, 0.3) is 0 Å². The van der Waals surface area contributed by atoms with E-state index in [0.29, 0.717) is 0 Å². The van der Waals surface area contributed by atoms with Gasteiger partial charge < -0.3 is 9.90 Å². The van der Waals surface area contributed by atoms with Gasteiger partial charge in [0, 0.05) is 0 Å². The van der Waals surface area contributed by atoms with Gasteiger partial charge in [-0.05, 0) is 6.42 Å². The van der Waals surface area contributed by atoms with Crippen molar-refractivity contribution >= 4 is 5.97 Å². The van der Waals surface area contributed by atoms with Crippen molar-refractivity contribution in [3.8, 4) is 12.1 Å². The van der Waals surface area contributed by atoms with Crippen LogP contribution in [0, 0.1) is 28.1 Å². The third kappa shape index (κ3) is 2.90. The van der Waals surface area contributed by atoms with Crippen molar-refractivity contribution in [2.45, 2.75) is 13.3 Å². The maximum Gasteiger partial charge on any atom is 1.00 e. The molecule has 0 aliphatic heterocycles. The Kier molecular flexibility index (Phi) is 7.08. The van der Waals surface area contributed by atoms with Crippen LogP contribution >= 0.6 is 0 Å². The first-order chi connectivity index (χ1) is 4.63. The molecule has 0 aromatic heterocycles. The molecular formula is C6H5KN2O2. The van der Waals surface area contributed by atoms with E-state index in [1.165, 1.54) is 19.1 Å². The minimum Gasteiger partial charge on any atom is -0.547 e. The van der Waals surface area contributed by atoms with Crippen molar-refractivity contribution in [1.82, 2.24) is 0 Å². The molecule has 0 unspecified atom stereocenters. The standard InChI is InChI=1S/C6H6N2O2.K/c1-2-6(3-7,4-8)5(9)10;/h2H2,1H3,(H,9,10);/q;+1/p-1. The topological polar surface area (TPSA) is 87.7 Å². The van der Waals surface area contributed by atoms with E-state index in [0.717, 1.165) is 0 Å². The van der Waals surface area contributed by atoms with Gasteiger partial charge in [0.05, 0.1) is 18.1 Å². The van der Waals surface area contributed by atoms with Crippen LogP contribution < -0.4 is 56.5 Å². The minimum absolute atomic E-state index is 0. The monoisotopic (exact) mass is 176 g/mol. The molecule has 0 bridgehead atoms. The van der Waals surface area contributed by atoms with Crippen LogP contribution in [0.15, 0.2) is 0 Å². The number of hydrogen-bond acceptors (Lipinski definition) is 4. The van der Waals surface area contributed by atoms with Gasteiger partial charge in [-0.1, -0.05) is 6.92 Å². The minimum atomic E-state index is -1.96. The van der Waals surface area contributed by atoms with Gasteiger partial charge in [-0.2, -0.15) is 10.5 Å². The van der Waals surface area contributed by atoms with E-state index in [-0.39, 0.29) is 57.8 Å². The number of carbonyl (C=O) groups excluding carboxylic acids is 1. The van der Waals surface area contributed by atoms with Crippen molar-refractivity contribution in [1.29, 1.82) is 10.5 Å². The van der Waals surface area contributed by atoms with Crippen LogP contribution in [0.2, 0.25) is 0 Å². The molecule has 0 rings (SSSR count). The second kappa shape index (κ2) is 5.70. The molecule has 0 atom stereocenters. The predicted molar refractivity (Wildman–Crippen MR) is 29.0 cm³/mol. The average molecular weight is 176 g/mol. The molecule has 0 fully saturated rings. The molecule has 11 heavy (non-hydrogen) atoms. The van der Waals surface area contributed by atoms with E-state index in [2.05, 4.69) is 0 Å². The van der Waals surface area contributed by atoms with Gasteiger partial charge in [-0.3, -0.25) is 0 Å². The summed E-state index contributed by atoms with van der Waals surface area (Å²) in [7, 11) is 0. The molecule has 0 spiro atoms. The third-order valence-electron chi connectivity index (χ3n) is 1.26. The van der Waals surface area contributed by atoms with Gasteiger partial charge in [-0.15, -0.1) is 0 Å². The number of hydrogen-bond donors (Lipinski definition) is 0. The molecule has 0 aromatic carbocycles. The predicted octanol–water partition coefficient (Wildman–Crippen LogP) is -3.82. The average Bonchev–Trinajstić information content (AvgIpc) is 1.92. The Morgan fingerprint density at radius 2 is 1.91 bits per heavy atom. The summed E-state index contributed by atoms with van der Waals surface area (Å²) < 4.78 is 0. The Balaban J connectivity index is 0. The zero-order valence-electron chi connectivity index (χ0n) is 6.42. The molecule has 0 saturated heterocycles. The van der Waals surface area contributed by atoms with Crippen molar-refractivity contribution < 1.29 is 61.3 Å². The van der Waals surface area contributed by atoms with Crippen molar-refractivity contribution in [2.75, 3.05) is 0 Å². The fourth-order valence-corrected chi connectivity index (χ4v) is 0.419. The molecule has 0 aromatic rings. The van der Waals surface area contributed by atoms with E-state index in [1.54, 1.807) is 0 Å². The Bertz CT molecular complexity index is 212. The van der Waals surface area contributed by atoms with Crippen LogP contribution in [-0.4, -0.2) is 5.97 Å². The summed E-state index contributed by atoms with van der Waals surface area (Å²) >= 11 is 0. The van der Waals surface area contributed by atoms with Gasteiger partial charge in [0.2, 0.25) is 0 Å². The van der Waals surface area contributed by atoms with Crippen LogP contribution in [0.5, 0.6) is 0 Å². The summed E-state index contributed by atoms with van der Waals surface area (Å²) in [6, 6.07) is 2.78. The maximum absolute atomic E-state index is 10.2. The van der Waals surface area contributed by atoms with Crippen molar-refractivity contribution in [2.24, 2.45) is 5.41 Å². The van der Waals surface area contributed by atoms with Crippen LogP contribution in [0.4, 0.5) is 0 Å². The fraction of sp³-hybridized carbons (Fsp3) is 0.500. The number of carbonyl (C=O) groups is 1. The fourth-order valence-electron chi connectivity index (χ4n) is 0.419. The summed E-state index contributed by atoms with van der Waals surface area (Å²) in [5, 5.41) is 26.7. The van der Waals surface area contributed by atoms with Crippen LogP contribution in [0.3, 0.4) is 0 Å². The van der Waals surface area contributed by atoms with E-state index >= 15 is 0 Å². The summed E-state index contributed by atoms with van der Waals surface area (Å²) in [5.41, 5.74) is -1.96. The number of aliphatic carboxylic acids is 1. The van der Waals surface area contributed by atoms with E-state index in [4.69, 9.17) is 10.5 Å². The molecule has 0 saturated carbocycles. The van der Waals surface area contributed by atoms with Gasteiger partial charge in [-0.25, -0.2) is 0 Å². The number of rotatable bonds is 2. The molecule has 5 heteroatoms. The third-order valence-corrected chi connectivity index (χ3v) is 1.26. The molecule has 0 N–H and O–H groups in total. The Hall–Kier alpha value is 0.0864. The summed E-state index contributed by atoms with van der Waals surface area (Å²) in [6.07, 6.45) is -0.0532. The van der Waals surface area contributed by atoms with Gasteiger partial charge in [0.15, 0.2) is 5.41 Å². The van der Waals surface area contributed by atoms with Gasteiger partial charge in [0.1, 0.15) is 0 Å². The zero-order chi connectivity index (χ0) is 8.20.